The van der Waals surface area contributed by atoms with Gasteiger partial charge in [0.25, 0.3) is 0 Å². The van der Waals surface area contributed by atoms with Gasteiger partial charge in [0.15, 0.2) is 0 Å². The van der Waals surface area contributed by atoms with E-state index in [1.807, 2.05) is 0 Å². The third-order valence-corrected chi connectivity index (χ3v) is 3.67. The lowest BCUT2D eigenvalue weighted by Crippen LogP contribution is -2.44. The second kappa shape index (κ2) is 8.67. The van der Waals surface area contributed by atoms with Gasteiger partial charge in [-0.05, 0) is 64.1 Å². The first-order valence-corrected chi connectivity index (χ1v) is 8.01. The molecule has 2 N–H and O–H groups in total. The standard InChI is InChI=1S/C13H8BF3O2.C6H14O2/c14-9-1-3-10(4-2-9)18-11-5-7-12(8-6-11)19-13(15,16)17;1-5(2,7)6(3,4)8/h1-8H;7-8H,1-4H3. The minimum absolute atomic E-state index is 0.294. The number of hydrogen-bond acceptors (Lipinski definition) is 4. The first-order chi connectivity index (χ1) is 12.2. The van der Waals surface area contributed by atoms with E-state index < -0.39 is 17.6 Å². The highest BCUT2D eigenvalue weighted by molar-refractivity contribution is 6.32. The van der Waals surface area contributed by atoms with Gasteiger partial charge in [0.1, 0.15) is 25.1 Å². The van der Waals surface area contributed by atoms with Gasteiger partial charge in [-0.1, -0.05) is 17.6 Å². The highest BCUT2D eigenvalue weighted by Crippen LogP contribution is 2.27. The Bertz CT molecular complexity index is 688. The average Bonchev–Trinajstić information content (AvgIpc) is 2.49. The fourth-order valence-corrected chi connectivity index (χ4v) is 1.38. The quantitative estimate of drug-likeness (QED) is 0.792. The van der Waals surface area contributed by atoms with Crippen LogP contribution in [-0.2, 0) is 0 Å². The minimum atomic E-state index is -4.70. The van der Waals surface area contributed by atoms with Crippen molar-refractivity contribution < 1.29 is 32.9 Å². The summed E-state index contributed by atoms with van der Waals surface area (Å²) in [5, 5.41) is 18.2. The van der Waals surface area contributed by atoms with Gasteiger partial charge in [0, 0.05) is 0 Å². The van der Waals surface area contributed by atoms with E-state index in [4.69, 9.17) is 22.8 Å². The fraction of sp³-hybridized carbons (Fsp3) is 0.368. The van der Waals surface area contributed by atoms with E-state index in [0.29, 0.717) is 17.0 Å². The Hall–Kier alpha value is -2.19. The van der Waals surface area contributed by atoms with Gasteiger partial charge in [0.05, 0.1) is 11.2 Å². The molecule has 146 valence electrons. The summed E-state index contributed by atoms with van der Waals surface area (Å²) in [4.78, 5) is 0. The van der Waals surface area contributed by atoms with Crippen molar-refractivity contribution in [3.63, 3.8) is 0 Å². The molecule has 27 heavy (non-hydrogen) atoms. The Morgan fingerprint density at radius 2 is 1.04 bits per heavy atom. The molecule has 0 amide bonds. The second-order valence-corrected chi connectivity index (χ2v) is 6.81. The predicted octanol–water partition coefficient (Wildman–Crippen LogP) is 3.70. The van der Waals surface area contributed by atoms with Crippen LogP contribution in [0, 0.1) is 0 Å². The number of hydrogen-bond donors (Lipinski definition) is 2. The molecule has 2 aromatic rings. The van der Waals surface area contributed by atoms with Crippen LogP contribution in [-0.4, -0.2) is 35.6 Å². The molecule has 2 rings (SSSR count). The number of benzene rings is 2. The van der Waals surface area contributed by atoms with Crippen LogP contribution >= 0.6 is 0 Å². The lowest BCUT2D eigenvalue weighted by Gasteiger charge is -2.31. The topological polar surface area (TPSA) is 58.9 Å². The molecule has 0 saturated heterocycles. The Kier molecular flexibility index (Phi) is 7.34. The fourth-order valence-electron chi connectivity index (χ4n) is 1.38. The minimum Gasteiger partial charge on any atom is -0.457 e. The summed E-state index contributed by atoms with van der Waals surface area (Å²) in [7, 11) is 5.52. The Labute approximate surface area is 158 Å². The molecule has 0 aliphatic rings. The van der Waals surface area contributed by atoms with E-state index in [2.05, 4.69) is 4.74 Å². The van der Waals surface area contributed by atoms with Gasteiger partial charge in [0.2, 0.25) is 0 Å². The van der Waals surface area contributed by atoms with Crippen LogP contribution in [0.2, 0.25) is 0 Å². The average molecular weight is 382 g/mol. The largest absolute Gasteiger partial charge is 0.573 e. The van der Waals surface area contributed by atoms with Crippen LogP contribution in [0.1, 0.15) is 27.7 Å². The summed E-state index contributed by atoms with van der Waals surface area (Å²) in [6, 6.07) is 11.8. The lowest BCUT2D eigenvalue weighted by molar-refractivity contribution is -0.274. The van der Waals surface area contributed by atoms with Crippen molar-refractivity contribution in [1.29, 1.82) is 0 Å². The van der Waals surface area contributed by atoms with Crippen molar-refractivity contribution in [2.45, 2.75) is 45.3 Å². The summed E-state index contributed by atoms with van der Waals surface area (Å²) < 4.78 is 45.1. The molecule has 0 fully saturated rings. The smallest absolute Gasteiger partial charge is 0.457 e. The first-order valence-electron chi connectivity index (χ1n) is 8.01. The van der Waals surface area contributed by atoms with E-state index in [1.54, 1.807) is 52.0 Å². The summed E-state index contributed by atoms with van der Waals surface area (Å²) >= 11 is 0. The van der Waals surface area contributed by atoms with Gasteiger partial charge in [-0.15, -0.1) is 13.2 Å². The molecule has 2 radical (unpaired) electrons. The van der Waals surface area contributed by atoms with Crippen molar-refractivity contribution in [3.05, 3.63) is 48.5 Å². The third kappa shape index (κ3) is 8.84. The molecule has 0 saturated carbocycles. The van der Waals surface area contributed by atoms with E-state index in [-0.39, 0.29) is 5.75 Å². The number of alkyl halides is 3. The molecular formula is C19H22BF3O4. The Balaban J connectivity index is 0.000000387. The maximum absolute atomic E-state index is 12.0. The zero-order chi connectivity index (χ0) is 20.9. The zero-order valence-electron chi connectivity index (χ0n) is 15.5. The Morgan fingerprint density at radius 1 is 0.704 bits per heavy atom. The Morgan fingerprint density at radius 3 is 1.37 bits per heavy atom. The molecule has 0 bridgehead atoms. The molecule has 0 unspecified atom stereocenters. The van der Waals surface area contributed by atoms with Crippen LogP contribution in [0.15, 0.2) is 48.5 Å². The molecule has 8 heteroatoms. The molecule has 0 atom stereocenters. The highest BCUT2D eigenvalue weighted by Gasteiger charge is 2.32. The van der Waals surface area contributed by atoms with Gasteiger partial charge in [-0.3, -0.25) is 0 Å². The van der Waals surface area contributed by atoms with Gasteiger partial charge in [-0.25, -0.2) is 0 Å². The molecule has 0 aliphatic heterocycles. The van der Waals surface area contributed by atoms with Crippen LogP contribution in [0.5, 0.6) is 17.2 Å². The van der Waals surface area contributed by atoms with Gasteiger partial charge >= 0.3 is 6.36 Å². The third-order valence-electron chi connectivity index (χ3n) is 3.67. The van der Waals surface area contributed by atoms with Crippen LogP contribution in [0.25, 0.3) is 0 Å². The normalized spacial score (nSPS) is 12.0. The van der Waals surface area contributed by atoms with Crippen molar-refractivity contribution in [1.82, 2.24) is 0 Å². The van der Waals surface area contributed by atoms with Crippen LogP contribution < -0.4 is 14.9 Å². The molecule has 0 spiro atoms. The maximum Gasteiger partial charge on any atom is 0.573 e. The van der Waals surface area contributed by atoms with Crippen LogP contribution in [0.4, 0.5) is 13.2 Å². The van der Waals surface area contributed by atoms with E-state index in [9.17, 15) is 13.2 Å². The summed E-state index contributed by atoms with van der Waals surface area (Å²) in [5.74, 6) is 0.648. The van der Waals surface area contributed by atoms with Crippen molar-refractivity contribution in [3.8, 4) is 17.2 Å². The van der Waals surface area contributed by atoms with Crippen molar-refractivity contribution in [2.75, 3.05) is 0 Å². The highest BCUT2D eigenvalue weighted by atomic mass is 19.4. The SMILES string of the molecule is CC(C)(O)C(C)(C)O.[B]c1ccc(Oc2ccc(OC(F)(F)F)cc2)cc1. The van der Waals surface area contributed by atoms with Gasteiger partial charge < -0.3 is 19.7 Å². The number of aliphatic hydroxyl groups is 2. The summed E-state index contributed by atoms with van der Waals surface area (Å²) in [5.41, 5.74) is -1.42. The van der Waals surface area contributed by atoms with E-state index >= 15 is 0 Å². The summed E-state index contributed by atoms with van der Waals surface area (Å²) in [6.07, 6.45) is -4.70. The molecule has 4 nitrogen and oxygen atoms in total. The number of ether oxygens (including phenoxy) is 2. The van der Waals surface area contributed by atoms with Crippen LogP contribution in [0.3, 0.4) is 0 Å². The summed E-state index contributed by atoms with van der Waals surface area (Å²) in [6.45, 7) is 6.31. The van der Waals surface area contributed by atoms with E-state index in [1.165, 1.54) is 24.3 Å². The van der Waals surface area contributed by atoms with E-state index in [0.717, 1.165) is 0 Å². The molecule has 0 heterocycles. The second-order valence-electron chi connectivity index (χ2n) is 6.81. The van der Waals surface area contributed by atoms with Crippen molar-refractivity contribution in [2.24, 2.45) is 0 Å². The number of halogens is 3. The van der Waals surface area contributed by atoms with Crippen molar-refractivity contribution >= 4 is 13.3 Å². The number of rotatable bonds is 4. The zero-order valence-corrected chi connectivity index (χ0v) is 15.5. The molecule has 2 aromatic carbocycles. The van der Waals surface area contributed by atoms with Gasteiger partial charge in [-0.2, -0.15) is 0 Å². The molecule has 0 aliphatic carbocycles. The maximum atomic E-state index is 12.0. The molecular weight excluding hydrogens is 360 g/mol. The lowest BCUT2D eigenvalue weighted by atomic mass is 9.90. The monoisotopic (exact) mass is 382 g/mol. The predicted molar refractivity (Wildman–Crippen MR) is 97.6 cm³/mol. The molecule has 0 aromatic heterocycles. The first kappa shape index (κ1) is 22.9.